The SMILES string of the molecule is CCOC(=O)c1c(SCC2=C(C(=O)[O-])N3C(=O)[C@@H](NC(=O)/C(=N\OC)c4csc(N)n4)[C@H]3SC2)sc2c(F)c(F)c(F)cc2c1=O.[Na+]. The van der Waals surface area contributed by atoms with E-state index in [0.29, 0.717) is 17.4 Å². The van der Waals surface area contributed by atoms with E-state index in [0.717, 1.165) is 39.8 Å². The van der Waals surface area contributed by atoms with Gasteiger partial charge in [0.1, 0.15) is 29.8 Å². The van der Waals surface area contributed by atoms with Gasteiger partial charge in [-0.2, -0.15) is 0 Å². The second-order valence-corrected chi connectivity index (χ2v) is 13.5. The van der Waals surface area contributed by atoms with Crippen LogP contribution in [0, 0.1) is 17.5 Å². The number of rotatable bonds is 10. The maximum atomic E-state index is 14.7. The number of esters is 1. The quantitative estimate of drug-likeness (QED) is 0.0464. The summed E-state index contributed by atoms with van der Waals surface area (Å²) in [5.41, 5.74) is 3.45. The molecule has 13 nitrogen and oxygen atoms in total. The van der Waals surface area contributed by atoms with Crippen molar-refractivity contribution >= 4 is 90.9 Å². The summed E-state index contributed by atoms with van der Waals surface area (Å²) in [5, 5.41) is 18.6. The van der Waals surface area contributed by atoms with Crippen molar-refractivity contribution < 1.29 is 76.6 Å². The first-order valence-corrected chi connectivity index (χ1v) is 16.6. The molecule has 1 aromatic carbocycles. The molecule has 2 aliphatic heterocycles. The number of nitrogens with one attached hydrogen (secondary N) is 1. The molecule has 4 heterocycles. The van der Waals surface area contributed by atoms with Crippen molar-refractivity contribution in [2.45, 2.75) is 22.5 Å². The summed E-state index contributed by atoms with van der Waals surface area (Å²) in [6.07, 6.45) is 0. The van der Waals surface area contributed by atoms with Crippen LogP contribution in [-0.4, -0.2) is 76.0 Å². The maximum Gasteiger partial charge on any atom is 1.00 e. The van der Waals surface area contributed by atoms with E-state index >= 15 is 0 Å². The van der Waals surface area contributed by atoms with Crippen molar-refractivity contribution in [1.82, 2.24) is 15.2 Å². The Bertz CT molecular complexity index is 1940. The van der Waals surface area contributed by atoms with Crippen molar-refractivity contribution in [3.63, 3.8) is 0 Å². The molecule has 242 valence electrons. The molecule has 3 aromatic rings. The number of hydrogen-bond acceptors (Lipinski definition) is 15. The van der Waals surface area contributed by atoms with Gasteiger partial charge in [-0.1, -0.05) is 5.16 Å². The number of amides is 2. The summed E-state index contributed by atoms with van der Waals surface area (Å²) in [6, 6.07) is -0.669. The summed E-state index contributed by atoms with van der Waals surface area (Å²) >= 11 is 3.38. The summed E-state index contributed by atoms with van der Waals surface area (Å²) in [6.45, 7) is 1.33. The van der Waals surface area contributed by atoms with E-state index in [9.17, 15) is 42.3 Å². The molecule has 0 radical (unpaired) electrons. The van der Waals surface area contributed by atoms with Crippen LogP contribution < -0.4 is 51.1 Å². The van der Waals surface area contributed by atoms with Gasteiger partial charge >= 0.3 is 35.5 Å². The van der Waals surface area contributed by atoms with Gasteiger partial charge in [0.25, 0.3) is 11.8 Å². The molecule has 0 unspecified atom stereocenters. The number of benzene rings is 1. The number of carboxylic acid groups (broad SMARTS) is 1. The van der Waals surface area contributed by atoms with Gasteiger partial charge < -0.3 is 30.5 Å². The Kier molecular flexibility index (Phi) is 11.7. The van der Waals surface area contributed by atoms with E-state index in [1.165, 1.54) is 19.4 Å². The number of thiazole rings is 1. The van der Waals surface area contributed by atoms with Crippen molar-refractivity contribution in [2.24, 2.45) is 5.16 Å². The van der Waals surface area contributed by atoms with Crippen LogP contribution in [-0.2, 0) is 24.0 Å². The predicted octanol–water partition coefficient (Wildman–Crippen LogP) is -1.56. The van der Waals surface area contributed by atoms with Crippen LogP contribution in [0.5, 0.6) is 0 Å². The van der Waals surface area contributed by atoms with Gasteiger partial charge in [-0.05, 0) is 18.6 Å². The molecule has 0 spiro atoms. The van der Waals surface area contributed by atoms with Gasteiger partial charge in [0.15, 0.2) is 28.3 Å². The molecular formula is C26H19F3N5NaO8S4. The first-order chi connectivity index (χ1) is 21.9. The molecule has 2 aliphatic rings. The minimum Gasteiger partial charge on any atom is -0.543 e. The van der Waals surface area contributed by atoms with Crippen LogP contribution in [0.25, 0.3) is 10.1 Å². The Morgan fingerprint density at radius 2 is 1.98 bits per heavy atom. The summed E-state index contributed by atoms with van der Waals surface area (Å²) < 4.78 is 46.8. The number of carbonyl (C=O) groups excluding carboxylic acids is 4. The molecule has 0 saturated carbocycles. The number of nitrogen functional groups attached to an aromatic ring is 1. The summed E-state index contributed by atoms with van der Waals surface area (Å²) in [7, 11) is 1.20. The molecule has 2 aromatic heterocycles. The van der Waals surface area contributed by atoms with E-state index in [4.69, 9.17) is 15.3 Å². The Balaban J connectivity index is 0.00000500. The second-order valence-electron chi connectivity index (χ2n) is 9.26. The first-order valence-electron chi connectivity index (χ1n) is 12.8. The van der Waals surface area contributed by atoms with Crippen LogP contribution >= 0.6 is 46.2 Å². The Labute approximate surface area is 301 Å². The largest absolute Gasteiger partial charge is 1.00 e. The molecule has 2 atom stereocenters. The monoisotopic (exact) mass is 737 g/mol. The standard InChI is InChI=1S/C26H20F3N5O8S4.Na/c1-3-42-24(40)12-18(35)9-4-10(27)13(28)14(29)19(9)46-25(12)44-6-8-5-43-22-16(21(37)34(22)17(8)23(38)39)32-20(36)15(33-41-2)11-7-45-26(30)31-11;/h4,7,16,22H,3,5-6H2,1-2H3,(H2,30,31)(H,32,36)(H,38,39);/q;+1/p-1/b33-15-;/t16-,22-;/m1./s1. The van der Waals surface area contributed by atoms with Gasteiger partial charge in [-0.3, -0.25) is 19.3 Å². The fraction of sp³-hybridized carbons (Fsp3) is 0.269. The van der Waals surface area contributed by atoms with Gasteiger partial charge in [0.05, 0.1) is 27.2 Å². The molecule has 5 rings (SSSR count). The minimum atomic E-state index is -1.81. The van der Waals surface area contributed by atoms with E-state index in [2.05, 4.69) is 15.5 Å². The van der Waals surface area contributed by atoms with Crippen LogP contribution in [0.3, 0.4) is 0 Å². The van der Waals surface area contributed by atoms with Crippen molar-refractivity contribution in [3.05, 3.63) is 61.6 Å². The Hall–Kier alpha value is -3.14. The zero-order chi connectivity index (χ0) is 33.4. The smallest absolute Gasteiger partial charge is 0.543 e. The minimum absolute atomic E-state index is 0. The molecule has 47 heavy (non-hydrogen) atoms. The number of ether oxygens (including phenoxy) is 1. The topological polar surface area (TPSA) is 193 Å². The fourth-order valence-corrected chi connectivity index (χ4v) is 8.99. The average Bonchev–Trinajstić information content (AvgIpc) is 3.45. The zero-order valence-corrected chi connectivity index (χ0v) is 29.6. The fourth-order valence-electron chi connectivity index (χ4n) is 4.54. The van der Waals surface area contributed by atoms with Crippen LogP contribution in [0.4, 0.5) is 18.3 Å². The number of anilines is 1. The van der Waals surface area contributed by atoms with Gasteiger partial charge in [0, 0.05) is 22.3 Å². The number of hydrogen-bond donors (Lipinski definition) is 2. The number of aliphatic carboxylic acids is 1. The molecular weight excluding hydrogens is 719 g/mol. The second kappa shape index (κ2) is 15.0. The van der Waals surface area contributed by atoms with Crippen molar-refractivity contribution in [2.75, 3.05) is 31.0 Å². The summed E-state index contributed by atoms with van der Waals surface area (Å²) in [5.74, 6) is -9.70. The van der Waals surface area contributed by atoms with Crippen molar-refractivity contribution in [1.29, 1.82) is 0 Å². The summed E-state index contributed by atoms with van der Waals surface area (Å²) in [4.78, 5) is 73.9. The molecule has 1 saturated heterocycles. The number of β-lactam (4-membered cyclic amide) rings is 1. The van der Waals surface area contributed by atoms with Crippen LogP contribution in [0.1, 0.15) is 23.0 Å². The van der Waals surface area contributed by atoms with E-state index in [1.54, 1.807) is 0 Å². The number of nitrogens with zero attached hydrogens (tertiary/aromatic N) is 3. The number of oxime groups is 1. The van der Waals surface area contributed by atoms with Crippen LogP contribution in [0.2, 0.25) is 0 Å². The van der Waals surface area contributed by atoms with E-state index < -0.39 is 79.4 Å². The average molecular weight is 738 g/mol. The number of nitrogens with two attached hydrogens (primary N) is 1. The van der Waals surface area contributed by atoms with Crippen LogP contribution in [0.15, 0.2) is 36.9 Å². The van der Waals surface area contributed by atoms with Gasteiger partial charge in [-0.25, -0.2) is 22.9 Å². The molecule has 0 aliphatic carbocycles. The van der Waals surface area contributed by atoms with Gasteiger partial charge in [0.2, 0.25) is 5.43 Å². The molecule has 0 bridgehead atoms. The molecule has 2 amide bonds. The molecule has 3 N–H and O–H groups in total. The number of carboxylic acids is 1. The number of aromatic nitrogens is 1. The Morgan fingerprint density at radius 3 is 2.60 bits per heavy atom. The number of halogens is 3. The van der Waals surface area contributed by atoms with E-state index in [1.807, 2.05) is 0 Å². The first kappa shape index (κ1) is 36.7. The Morgan fingerprint density at radius 1 is 1.26 bits per heavy atom. The third-order valence-corrected chi connectivity index (χ3v) is 11.1. The normalized spacial score (nSPS) is 17.5. The predicted molar refractivity (Wildman–Crippen MR) is 162 cm³/mol. The zero-order valence-electron chi connectivity index (χ0n) is 24.4. The number of thioether (sulfide) groups is 2. The third kappa shape index (κ3) is 6.90. The molecule has 1 fully saturated rings. The number of carbonyl (C=O) groups is 4. The van der Waals surface area contributed by atoms with Gasteiger partial charge in [-0.15, -0.1) is 46.2 Å². The van der Waals surface area contributed by atoms with E-state index in [-0.39, 0.29) is 74.0 Å². The number of fused-ring (bicyclic) bond motifs is 2. The molecule has 21 heteroatoms. The maximum absolute atomic E-state index is 14.7. The van der Waals surface area contributed by atoms with Crippen molar-refractivity contribution in [3.8, 4) is 0 Å². The third-order valence-electron chi connectivity index (χ3n) is 6.53.